The van der Waals surface area contributed by atoms with Gasteiger partial charge in [0.15, 0.2) is 5.78 Å². The summed E-state index contributed by atoms with van der Waals surface area (Å²) in [4.78, 5) is 21.8. The summed E-state index contributed by atoms with van der Waals surface area (Å²) < 4.78 is 0. The molecule has 2 rings (SSSR count). The Morgan fingerprint density at radius 3 is 2.87 bits per heavy atom. The van der Waals surface area contributed by atoms with E-state index in [4.69, 9.17) is 5.11 Å². The summed E-state index contributed by atoms with van der Waals surface area (Å²) in [5.74, 6) is -0.826. The fraction of sp³-hybridized carbons (Fsp3) is 0.167. The smallest absolute Gasteiger partial charge is 0.328 e. The van der Waals surface area contributed by atoms with E-state index in [1.165, 1.54) is 0 Å². The van der Waals surface area contributed by atoms with E-state index in [0.717, 1.165) is 22.8 Å². The van der Waals surface area contributed by atoms with Crippen molar-refractivity contribution < 1.29 is 14.7 Å². The first-order valence-corrected chi connectivity index (χ1v) is 4.74. The molecule has 3 heteroatoms. The standard InChI is InChI=1S/C12H10O3/c13-11-6-5-9-8(4-7-12(14)15)2-1-3-10(9)11/h1-4,7H,5-6H2,(H,14,15). The van der Waals surface area contributed by atoms with Gasteiger partial charge in [0.25, 0.3) is 0 Å². The number of carbonyl (C=O) groups is 2. The van der Waals surface area contributed by atoms with Gasteiger partial charge in [0.1, 0.15) is 0 Å². The van der Waals surface area contributed by atoms with Crippen LogP contribution in [0.4, 0.5) is 0 Å². The Morgan fingerprint density at radius 2 is 2.13 bits per heavy atom. The van der Waals surface area contributed by atoms with Crippen molar-refractivity contribution in [1.82, 2.24) is 0 Å². The van der Waals surface area contributed by atoms with Crippen molar-refractivity contribution in [2.24, 2.45) is 0 Å². The van der Waals surface area contributed by atoms with Gasteiger partial charge < -0.3 is 5.11 Å². The van der Waals surface area contributed by atoms with Crippen molar-refractivity contribution in [1.29, 1.82) is 0 Å². The maximum atomic E-state index is 11.4. The molecular formula is C12H10O3. The van der Waals surface area contributed by atoms with Gasteiger partial charge in [-0.05, 0) is 23.6 Å². The fourth-order valence-corrected chi connectivity index (χ4v) is 1.84. The van der Waals surface area contributed by atoms with Gasteiger partial charge in [-0.2, -0.15) is 0 Å². The Hall–Kier alpha value is -1.90. The number of hydrogen-bond acceptors (Lipinski definition) is 2. The molecule has 0 aromatic heterocycles. The molecule has 1 aromatic rings. The molecule has 3 nitrogen and oxygen atoms in total. The van der Waals surface area contributed by atoms with Crippen molar-refractivity contribution >= 4 is 17.8 Å². The number of rotatable bonds is 2. The third-order valence-electron chi connectivity index (χ3n) is 2.52. The SMILES string of the molecule is O=C(O)C=Cc1cccc2c1CCC2=O. The van der Waals surface area contributed by atoms with Crippen LogP contribution in [0.5, 0.6) is 0 Å². The molecule has 0 saturated heterocycles. The molecular weight excluding hydrogens is 192 g/mol. The molecule has 0 spiro atoms. The molecule has 0 bridgehead atoms. The van der Waals surface area contributed by atoms with Crippen LogP contribution in [0.15, 0.2) is 24.3 Å². The summed E-state index contributed by atoms with van der Waals surface area (Å²) >= 11 is 0. The summed E-state index contributed by atoms with van der Waals surface area (Å²) in [5, 5.41) is 8.52. The van der Waals surface area contributed by atoms with Gasteiger partial charge >= 0.3 is 5.97 Å². The van der Waals surface area contributed by atoms with Gasteiger partial charge in [0.2, 0.25) is 0 Å². The highest BCUT2D eigenvalue weighted by Crippen LogP contribution is 2.25. The van der Waals surface area contributed by atoms with Crippen molar-refractivity contribution in [2.75, 3.05) is 0 Å². The zero-order valence-corrected chi connectivity index (χ0v) is 8.06. The lowest BCUT2D eigenvalue weighted by molar-refractivity contribution is -0.131. The van der Waals surface area contributed by atoms with E-state index in [-0.39, 0.29) is 5.78 Å². The second kappa shape index (κ2) is 3.69. The first kappa shape index (κ1) is 9.65. The number of fused-ring (bicyclic) bond motifs is 1. The molecule has 0 aliphatic heterocycles. The third kappa shape index (κ3) is 1.81. The minimum absolute atomic E-state index is 0.149. The number of Topliss-reactive ketones (excluding diaryl/α,β-unsaturated/α-hetero) is 1. The van der Waals surface area contributed by atoms with E-state index in [0.29, 0.717) is 12.8 Å². The zero-order chi connectivity index (χ0) is 10.8. The molecule has 15 heavy (non-hydrogen) atoms. The average molecular weight is 202 g/mol. The van der Waals surface area contributed by atoms with Crippen LogP contribution in [0.25, 0.3) is 6.08 Å². The molecule has 0 amide bonds. The van der Waals surface area contributed by atoms with Crippen LogP contribution in [-0.2, 0) is 11.2 Å². The topological polar surface area (TPSA) is 54.4 Å². The summed E-state index contributed by atoms with van der Waals surface area (Å²) in [6.45, 7) is 0. The number of aliphatic carboxylic acids is 1. The van der Waals surface area contributed by atoms with Gasteiger partial charge in [-0.15, -0.1) is 0 Å². The molecule has 0 fully saturated rings. The van der Waals surface area contributed by atoms with Crippen LogP contribution >= 0.6 is 0 Å². The molecule has 0 atom stereocenters. The molecule has 0 saturated carbocycles. The lowest BCUT2D eigenvalue weighted by atomic mass is 10.0. The number of carboxylic acids is 1. The second-order valence-corrected chi connectivity index (χ2v) is 3.47. The fourth-order valence-electron chi connectivity index (χ4n) is 1.84. The van der Waals surface area contributed by atoms with Crippen molar-refractivity contribution in [3.05, 3.63) is 41.0 Å². The number of hydrogen-bond donors (Lipinski definition) is 1. The highest BCUT2D eigenvalue weighted by atomic mass is 16.4. The molecule has 1 N–H and O–H groups in total. The van der Waals surface area contributed by atoms with Crippen LogP contribution in [-0.4, -0.2) is 16.9 Å². The van der Waals surface area contributed by atoms with Crippen molar-refractivity contribution in [3.63, 3.8) is 0 Å². The minimum Gasteiger partial charge on any atom is -0.478 e. The second-order valence-electron chi connectivity index (χ2n) is 3.47. The van der Waals surface area contributed by atoms with E-state index >= 15 is 0 Å². The van der Waals surface area contributed by atoms with Crippen LogP contribution in [0.3, 0.4) is 0 Å². The first-order chi connectivity index (χ1) is 7.18. The molecule has 0 radical (unpaired) electrons. The number of carbonyl (C=O) groups excluding carboxylic acids is 1. The molecule has 1 aliphatic rings. The molecule has 0 unspecified atom stereocenters. The minimum atomic E-state index is -0.975. The molecule has 76 valence electrons. The zero-order valence-electron chi connectivity index (χ0n) is 8.06. The largest absolute Gasteiger partial charge is 0.478 e. The summed E-state index contributed by atoms with van der Waals surface area (Å²) in [7, 11) is 0. The Morgan fingerprint density at radius 1 is 1.33 bits per heavy atom. The quantitative estimate of drug-likeness (QED) is 0.745. The lowest BCUT2D eigenvalue weighted by Gasteiger charge is -2.01. The Bertz CT molecular complexity index is 458. The van der Waals surface area contributed by atoms with Gasteiger partial charge in [-0.1, -0.05) is 18.2 Å². The highest BCUT2D eigenvalue weighted by molar-refractivity contribution is 6.01. The average Bonchev–Trinajstić information content (AvgIpc) is 2.58. The molecule has 0 heterocycles. The maximum Gasteiger partial charge on any atom is 0.328 e. The summed E-state index contributed by atoms with van der Waals surface area (Å²) in [6, 6.07) is 5.41. The van der Waals surface area contributed by atoms with E-state index in [2.05, 4.69) is 0 Å². The number of ketones is 1. The first-order valence-electron chi connectivity index (χ1n) is 4.74. The van der Waals surface area contributed by atoms with Gasteiger partial charge in [0, 0.05) is 18.1 Å². The van der Waals surface area contributed by atoms with Gasteiger partial charge in [-0.25, -0.2) is 4.79 Å². The van der Waals surface area contributed by atoms with E-state index in [9.17, 15) is 9.59 Å². The Kier molecular flexibility index (Phi) is 2.37. The van der Waals surface area contributed by atoms with Gasteiger partial charge in [0.05, 0.1) is 0 Å². The number of carboxylic acid groups (broad SMARTS) is 1. The summed E-state index contributed by atoms with van der Waals surface area (Å²) in [5.41, 5.74) is 2.54. The Labute approximate surface area is 87.0 Å². The monoisotopic (exact) mass is 202 g/mol. The molecule has 1 aromatic carbocycles. The van der Waals surface area contributed by atoms with E-state index < -0.39 is 5.97 Å². The summed E-state index contributed by atoms with van der Waals surface area (Å²) in [6.07, 6.45) is 3.89. The van der Waals surface area contributed by atoms with Crippen LogP contribution in [0.2, 0.25) is 0 Å². The number of benzene rings is 1. The highest BCUT2D eigenvalue weighted by Gasteiger charge is 2.20. The van der Waals surface area contributed by atoms with Crippen LogP contribution < -0.4 is 0 Å². The van der Waals surface area contributed by atoms with Crippen molar-refractivity contribution in [2.45, 2.75) is 12.8 Å². The third-order valence-corrected chi connectivity index (χ3v) is 2.52. The maximum absolute atomic E-state index is 11.4. The normalized spacial score (nSPS) is 14.5. The van der Waals surface area contributed by atoms with Crippen LogP contribution in [0, 0.1) is 0 Å². The predicted octanol–water partition coefficient (Wildman–Crippen LogP) is 1.91. The van der Waals surface area contributed by atoms with Crippen LogP contribution in [0.1, 0.15) is 27.9 Å². The van der Waals surface area contributed by atoms with Gasteiger partial charge in [-0.3, -0.25) is 4.79 Å². The van der Waals surface area contributed by atoms with E-state index in [1.807, 2.05) is 6.07 Å². The molecule has 1 aliphatic carbocycles. The Balaban J connectivity index is 2.42. The van der Waals surface area contributed by atoms with Crippen molar-refractivity contribution in [3.8, 4) is 0 Å². The predicted molar refractivity (Wildman–Crippen MR) is 55.8 cm³/mol. The lowest BCUT2D eigenvalue weighted by Crippen LogP contribution is -1.92. The van der Waals surface area contributed by atoms with E-state index in [1.54, 1.807) is 18.2 Å².